The third kappa shape index (κ3) is 7.44. The molecule has 170 valence electrons. The van der Waals surface area contributed by atoms with E-state index >= 15 is 0 Å². The third-order valence-corrected chi connectivity index (χ3v) is 6.04. The average molecular weight is 427 g/mol. The molecule has 2 unspecified atom stereocenters. The second-order valence-electron chi connectivity index (χ2n) is 8.58. The molecule has 1 aliphatic heterocycles. The zero-order valence-electron chi connectivity index (χ0n) is 19.5. The monoisotopic (exact) mass is 426 g/mol. The molecule has 0 bridgehead atoms. The number of benzene rings is 2. The molecular formula is C26H38N2O3. The number of rotatable bonds is 11. The summed E-state index contributed by atoms with van der Waals surface area (Å²) in [4.78, 5) is 5.20. The summed E-state index contributed by atoms with van der Waals surface area (Å²) in [5.41, 5.74) is 1.26. The van der Waals surface area contributed by atoms with Gasteiger partial charge in [0.05, 0.1) is 20.3 Å². The Morgan fingerprint density at radius 3 is 1.58 bits per heavy atom. The molecule has 1 heterocycles. The lowest BCUT2D eigenvalue weighted by Crippen LogP contribution is -2.56. The molecule has 0 N–H and O–H groups in total. The van der Waals surface area contributed by atoms with Crippen molar-refractivity contribution < 1.29 is 14.2 Å². The van der Waals surface area contributed by atoms with Crippen LogP contribution < -0.4 is 14.2 Å². The van der Waals surface area contributed by atoms with E-state index in [2.05, 4.69) is 54.8 Å². The molecule has 0 saturated carbocycles. The van der Waals surface area contributed by atoms with Gasteiger partial charge in [-0.15, -0.1) is 0 Å². The van der Waals surface area contributed by atoms with E-state index in [1.807, 2.05) is 24.3 Å². The van der Waals surface area contributed by atoms with Crippen molar-refractivity contribution in [2.45, 2.75) is 45.7 Å². The molecule has 2 aromatic rings. The minimum atomic E-state index is 0.565. The molecule has 0 amide bonds. The van der Waals surface area contributed by atoms with Crippen LogP contribution in [-0.4, -0.2) is 68.4 Å². The first-order valence-corrected chi connectivity index (χ1v) is 11.5. The molecule has 5 nitrogen and oxygen atoms in total. The van der Waals surface area contributed by atoms with Crippen LogP contribution in [0.3, 0.4) is 0 Å². The number of hydrogen-bond donors (Lipinski definition) is 0. The first-order valence-electron chi connectivity index (χ1n) is 11.5. The molecule has 1 aliphatic rings. The number of aryl methyl sites for hydroxylation is 1. The fraction of sp³-hybridized carbons (Fsp3) is 0.538. The molecule has 3 rings (SSSR count). The predicted molar refractivity (Wildman–Crippen MR) is 126 cm³/mol. The maximum Gasteiger partial charge on any atom is 0.119 e. The Hall–Kier alpha value is -2.24. The third-order valence-electron chi connectivity index (χ3n) is 6.04. The van der Waals surface area contributed by atoms with Gasteiger partial charge in [0, 0.05) is 38.3 Å². The van der Waals surface area contributed by atoms with Gasteiger partial charge < -0.3 is 14.2 Å². The summed E-state index contributed by atoms with van der Waals surface area (Å²) in [5.74, 6) is 2.73. The fourth-order valence-electron chi connectivity index (χ4n) is 4.11. The predicted octanol–water partition coefficient (Wildman–Crippen LogP) is 4.64. The number of nitrogens with zero attached hydrogens (tertiary/aromatic N) is 2. The van der Waals surface area contributed by atoms with Crippen LogP contribution in [0.2, 0.25) is 0 Å². The van der Waals surface area contributed by atoms with E-state index < -0.39 is 0 Å². The minimum Gasteiger partial charge on any atom is -0.497 e. The van der Waals surface area contributed by atoms with Gasteiger partial charge in [-0.3, -0.25) is 9.80 Å². The molecule has 0 spiro atoms. The second-order valence-corrected chi connectivity index (χ2v) is 8.58. The van der Waals surface area contributed by atoms with E-state index in [0.29, 0.717) is 12.1 Å². The standard InChI is InChI=1S/C26H38N2O3/c1-21-7-9-25(10-8-21)30-17-5-15-27-19-23(3)28(20-22(27)2)16-6-18-31-26-13-11-24(29-4)12-14-26/h7-14,22-23H,5-6,15-20H2,1-4H3. The number of methoxy groups -OCH3 is 1. The van der Waals surface area contributed by atoms with Gasteiger partial charge in [0.2, 0.25) is 0 Å². The highest BCUT2D eigenvalue weighted by Gasteiger charge is 2.28. The Labute approximate surface area is 187 Å². The lowest BCUT2D eigenvalue weighted by molar-refractivity contribution is 0.0371. The maximum absolute atomic E-state index is 5.89. The SMILES string of the molecule is COc1ccc(OCCCN2CC(C)N(CCCOc3ccc(C)cc3)CC2C)cc1. The van der Waals surface area contributed by atoms with Gasteiger partial charge in [0.1, 0.15) is 17.2 Å². The van der Waals surface area contributed by atoms with Crippen LogP contribution in [-0.2, 0) is 0 Å². The van der Waals surface area contributed by atoms with Crippen molar-refractivity contribution >= 4 is 0 Å². The highest BCUT2D eigenvalue weighted by Crippen LogP contribution is 2.19. The molecule has 0 aromatic heterocycles. The Balaban J connectivity index is 1.31. The quantitative estimate of drug-likeness (QED) is 0.489. The molecule has 0 radical (unpaired) electrons. The van der Waals surface area contributed by atoms with Crippen molar-refractivity contribution in [1.29, 1.82) is 0 Å². The second kappa shape index (κ2) is 12.0. The number of piperazine rings is 1. The number of hydrogen-bond acceptors (Lipinski definition) is 5. The van der Waals surface area contributed by atoms with Gasteiger partial charge >= 0.3 is 0 Å². The summed E-state index contributed by atoms with van der Waals surface area (Å²) in [6, 6.07) is 17.2. The topological polar surface area (TPSA) is 34.2 Å². The van der Waals surface area contributed by atoms with E-state index in [9.17, 15) is 0 Å². The van der Waals surface area contributed by atoms with Crippen LogP contribution in [0.15, 0.2) is 48.5 Å². The summed E-state index contributed by atoms with van der Waals surface area (Å²) in [5, 5.41) is 0. The van der Waals surface area contributed by atoms with Gasteiger partial charge in [-0.25, -0.2) is 0 Å². The Bertz CT molecular complexity index is 763. The van der Waals surface area contributed by atoms with Crippen LogP contribution in [0.1, 0.15) is 32.3 Å². The van der Waals surface area contributed by atoms with Gasteiger partial charge in [0.25, 0.3) is 0 Å². The Morgan fingerprint density at radius 1 is 0.710 bits per heavy atom. The van der Waals surface area contributed by atoms with Gasteiger partial charge in [-0.05, 0) is 70.0 Å². The summed E-state index contributed by atoms with van der Waals surface area (Å²) in [6.45, 7) is 12.7. The van der Waals surface area contributed by atoms with Crippen molar-refractivity contribution in [3.05, 3.63) is 54.1 Å². The van der Waals surface area contributed by atoms with E-state index in [1.54, 1.807) is 7.11 Å². The van der Waals surface area contributed by atoms with Crippen LogP contribution in [0.4, 0.5) is 0 Å². The molecule has 5 heteroatoms. The summed E-state index contributed by atoms with van der Waals surface area (Å²) in [7, 11) is 1.68. The summed E-state index contributed by atoms with van der Waals surface area (Å²) >= 11 is 0. The number of ether oxygens (including phenoxy) is 3. The zero-order chi connectivity index (χ0) is 22.1. The van der Waals surface area contributed by atoms with Crippen molar-refractivity contribution in [2.75, 3.05) is 46.5 Å². The first-order chi connectivity index (χ1) is 15.0. The van der Waals surface area contributed by atoms with E-state index in [4.69, 9.17) is 14.2 Å². The maximum atomic E-state index is 5.89. The van der Waals surface area contributed by atoms with Crippen LogP contribution in [0, 0.1) is 6.92 Å². The largest absolute Gasteiger partial charge is 0.497 e. The van der Waals surface area contributed by atoms with Crippen molar-refractivity contribution in [3.63, 3.8) is 0 Å². The minimum absolute atomic E-state index is 0.565. The zero-order valence-corrected chi connectivity index (χ0v) is 19.5. The van der Waals surface area contributed by atoms with E-state index in [1.165, 1.54) is 5.56 Å². The molecule has 31 heavy (non-hydrogen) atoms. The van der Waals surface area contributed by atoms with Crippen molar-refractivity contribution in [2.24, 2.45) is 0 Å². The highest BCUT2D eigenvalue weighted by atomic mass is 16.5. The van der Waals surface area contributed by atoms with Gasteiger partial charge in [0.15, 0.2) is 0 Å². The van der Waals surface area contributed by atoms with Gasteiger partial charge in [-0.2, -0.15) is 0 Å². The van der Waals surface area contributed by atoms with Crippen LogP contribution >= 0.6 is 0 Å². The lowest BCUT2D eigenvalue weighted by Gasteiger charge is -2.44. The van der Waals surface area contributed by atoms with Gasteiger partial charge in [-0.1, -0.05) is 17.7 Å². The normalized spacial score (nSPS) is 19.9. The molecule has 1 saturated heterocycles. The molecule has 2 atom stereocenters. The molecule has 0 aliphatic carbocycles. The van der Waals surface area contributed by atoms with Crippen molar-refractivity contribution in [1.82, 2.24) is 9.80 Å². The summed E-state index contributed by atoms with van der Waals surface area (Å²) in [6.07, 6.45) is 2.09. The lowest BCUT2D eigenvalue weighted by atomic mass is 10.1. The molecule has 2 aromatic carbocycles. The highest BCUT2D eigenvalue weighted by molar-refractivity contribution is 5.31. The van der Waals surface area contributed by atoms with E-state index in [-0.39, 0.29) is 0 Å². The summed E-state index contributed by atoms with van der Waals surface area (Å²) < 4.78 is 17.0. The average Bonchev–Trinajstić information content (AvgIpc) is 2.78. The smallest absolute Gasteiger partial charge is 0.119 e. The Kier molecular flexibility index (Phi) is 9.04. The first kappa shape index (κ1) is 23.4. The molecule has 1 fully saturated rings. The van der Waals surface area contributed by atoms with Crippen LogP contribution in [0.25, 0.3) is 0 Å². The van der Waals surface area contributed by atoms with Crippen molar-refractivity contribution in [3.8, 4) is 17.2 Å². The van der Waals surface area contributed by atoms with E-state index in [0.717, 1.165) is 69.5 Å². The fourth-order valence-corrected chi connectivity index (χ4v) is 4.11. The Morgan fingerprint density at radius 2 is 1.13 bits per heavy atom. The molecular weight excluding hydrogens is 388 g/mol. The van der Waals surface area contributed by atoms with Crippen LogP contribution in [0.5, 0.6) is 17.2 Å².